The van der Waals surface area contributed by atoms with Crippen molar-refractivity contribution in [2.24, 2.45) is 7.05 Å². The van der Waals surface area contributed by atoms with E-state index in [0.29, 0.717) is 22.8 Å². The van der Waals surface area contributed by atoms with Crippen LogP contribution >= 0.6 is 0 Å². The van der Waals surface area contributed by atoms with E-state index < -0.39 is 5.97 Å². The second-order valence-electron chi connectivity index (χ2n) is 6.91. The van der Waals surface area contributed by atoms with Gasteiger partial charge in [0.25, 0.3) is 5.56 Å². The number of aromatic nitrogens is 2. The maximum atomic E-state index is 12.9. The van der Waals surface area contributed by atoms with Gasteiger partial charge in [-0.1, -0.05) is 31.2 Å². The molecular weight excluding hydrogens is 344 g/mol. The van der Waals surface area contributed by atoms with Crippen LogP contribution in [0.2, 0.25) is 0 Å². The van der Waals surface area contributed by atoms with Crippen LogP contribution in [0.4, 0.5) is 0 Å². The Balaban J connectivity index is 1.82. The molecule has 4 rings (SSSR count). The Morgan fingerprint density at radius 3 is 2.59 bits per heavy atom. The van der Waals surface area contributed by atoms with E-state index in [2.05, 4.69) is 5.10 Å². The second kappa shape index (κ2) is 6.16. The number of fused-ring (bicyclic) bond motifs is 2. The van der Waals surface area contributed by atoms with E-state index in [1.807, 2.05) is 19.9 Å². The van der Waals surface area contributed by atoms with Gasteiger partial charge in [-0.2, -0.15) is 5.10 Å². The lowest BCUT2D eigenvalue weighted by molar-refractivity contribution is 0.0726. The zero-order valence-electron chi connectivity index (χ0n) is 15.3. The van der Waals surface area contributed by atoms with Gasteiger partial charge >= 0.3 is 5.97 Å². The third-order valence-corrected chi connectivity index (χ3v) is 5.04. The minimum atomic E-state index is -0.694. The minimum absolute atomic E-state index is 0.0257. The summed E-state index contributed by atoms with van der Waals surface area (Å²) in [5.41, 5.74) is 2.17. The van der Waals surface area contributed by atoms with Crippen molar-refractivity contribution < 1.29 is 14.3 Å². The number of benzene rings is 2. The summed E-state index contributed by atoms with van der Waals surface area (Å²) < 4.78 is 6.70. The van der Waals surface area contributed by atoms with Crippen molar-refractivity contribution in [2.45, 2.75) is 26.2 Å². The molecule has 2 aromatic carbocycles. The highest BCUT2D eigenvalue weighted by Gasteiger charge is 2.32. The first-order valence-electron chi connectivity index (χ1n) is 8.73. The average molecular weight is 362 g/mol. The zero-order valence-corrected chi connectivity index (χ0v) is 15.3. The van der Waals surface area contributed by atoms with E-state index in [1.54, 1.807) is 30.3 Å². The lowest BCUT2D eigenvalue weighted by Crippen LogP contribution is -2.24. The Morgan fingerprint density at radius 2 is 1.85 bits per heavy atom. The van der Waals surface area contributed by atoms with Crippen molar-refractivity contribution in [3.05, 3.63) is 69.1 Å². The smallest absolute Gasteiger partial charge is 0.364 e. The SMILES string of the molecule is Cc1ccc(OC(=O)c2nn(C)c(=O)c3ccccc23)c2c1[C@@H](C)CC2=O. The summed E-state index contributed by atoms with van der Waals surface area (Å²) in [5.74, 6) is -0.375. The number of Topliss-reactive ketones (excluding diaryl/α,β-unsaturated/α-hetero) is 1. The van der Waals surface area contributed by atoms with E-state index in [4.69, 9.17) is 4.74 Å². The number of rotatable bonds is 2. The van der Waals surface area contributed by atoms with Gasteiger partial charge in [0, 0.05) is 18.9 Å². The number of ether oxygens (including phenoxy) is 1. The number of hydrogen-bond acceptors (Lipinski definition) is 5. The molecule has 6 nitrogen and oxygen atoms in total. The minimum Gasteiger partial charge on any atom is -0.421 e. The summed E-state index contributed by atoms with van der Waals surface area (Å²) >= 11 is 0. The Bertz CT molecular complexity index is 1180. The maximum absolute atomic E-state index is 12.9. The molecule has 0 saturated heterocycles. The number of ketones is 1. The molecule has 27 heavy (non-hydrogen) atoms. The fourth-order valence-electron chi connectivity index (χ4n) is 3.79. The molecule has 0 spiro atoms. The van der Waals surface area contributed by atoms with Gasteiger partial charge in [-0.15, -0.1) is 0 Å². The standard InChI is InChI=1S/C21H18N2O4/c1-11-8-9-16(18-15(24)10-12(2)17(11)18)27-21(26)19-13-6-4-5-7-14(13)20(25)23(3)22-19/h4-9,12H,10H2,1-3H3/t12-/m0/s1. The summed E-state index contributed by atoms with van der Waals surface area (Å²) in [5, 5.41) is 4.90. The molecule has 0 radical (unpaired) electrons. The number of esters is 1. The highest BCUT2D eigenvalue weighted by molar-refractivity contribution is 6.07. The van der Waals surface area contributed by atoms with Gasteiger partial charge in [-0.05, 0) is 36.1 Å². The molecule has 0 amide bonds. The van der Waals surface area contributed by atoms with Crippen molar-refractivity contribution in [1.29, 1.82) is 0 Å². The summed E-state index contributed by atoms with van der Waals surface area (Å²) in [6, 6.07) is 10.3. The highest BCUT2D eigenvalue weighted by atomic mass is 16.5. The van der Waals surface area contributed by atoms with Gasteiger partial charge < -0.3 is 4.74 Å². The van der Waals surface area contributed by atoms with Crippen LogP contribution in [0.25, 0.3) is 10.8 Å². The zero-order chi connectivity index (χ0) is 19.3. The van der Waals surface area contributed by atoms with Crippen molar-refractivity contribution in [3.63, 3.8) is 0 Å². The first kappa shape index (κ1) is 17.1. The molecule has 0 unspecified atom stereocenters. The fraction of sp³-hybridized carbons (Fsp3) is 0.238. The molecule has 0 bridgehead atoms. The maximum Gasteiger partial charge on any atom is 0.364 e. The normalized spacial score (nSPS) is 15.8. The highest BCUT2D eigenvalue weighted by Crippen LogP contribution is 2.40. The largest absolute Gasteiger partial charge is 0.421 e. The van der Waals surface area contributed by atoms with Gasteiger partial charge in [0.05, 0.1) is 10.9 Å². The number of carbonyl (C=O) groups excluding carboxylic acids is 2. The predicted octanol–water partition coefficient (Wildman–Crippen LogP) is 3.15. The van der Waals surface area contributed by atoms with E-state index in [9.17, 15) is 14.4 Å². The number of hydrogen-bond donors (Lipinski definition) is 0. The van der Waals surface area contributed by atoms with Gasteiger partial charge in [-0.25, -0.2) is 9.48 Å². The first-order valence-corrected chi connectivity index (χ1v) is 8.73. The van der Waals surface area contributed by atoms with Gasteiger partial charge in [0.2, 0.25) is 0 Å². The van der Waals surface area contributed by atoms with E-state index in [1.165, 1.54) is 7.05 Å². The Hall–Kier alpha value is -3.28. The molecule has 6 heteroatoms. The van der Waals surface area contributed by atoms with E-state index in [-0.39, 0.29) is 28.7 Å². The van der Waals surface area contributed by atoms with Crippen LogP contribution < -0.4 is 10.3 Å². The molecule has 1 aromatic heterocycles. The van der Waals surface area contributed by atoms with Crippen LogP contribution in [-0.2, 0) is 7.05 Å². The molecule has 1 aliphatic rings. The topological polar surface area (TPSA) is 78.3 Å². The van der Waals surface area contributed by atoms with Crippen LogP contribution in [0.3, 0.4) is 0 Å². The number of carbonyl (C=O) groups is 2. The molecule has 1 heterocycles. The fourth-order valence-corrected chi connectivity index (χ4v) is 3.79. The van der Waals surface area contributed by atoms with Gasteiger partial charge in [0.1, 0.15) is 5.75 Å². The van der Waals surface area contributed by atoms with Crippen LogP contribution in [-0.4, -0.2) is 21.5 Å². The summed E-state index contributed by atoms with van der Waals surface area (Å²) in [6.45, 7) is 3.94. The summed E-state index contributed by atoms with van der Waals surface area (Å²) in [7, 11) is 1.49. The van der Waals surface area contributed by atoms with Crippen LogP contribution in [0.15, 0.2) is 41.2 Å². The Labute approximate surface area is 155 Å². The summed E-state index contributed by atoms with van der Waals surface area (Å²) in [6.07, 6.45) is 0.408. The Morgan fingerprint density at radius 1 is 1.15 bits per heavy atom. The molecule has 136 valence electrons. The van der Waals surface area contributed by atoms with Gasteiger partial charge in [-0.3, -0.25) is 9.59 Å². The van der Waals surface area contributed by atoms with Crippen LogP contribution in [0.5, 0.6) is 5.75 Å². The van der Waals surface area contributed by atoms with Crippen molar-refractivity contribution in [2.75, 3.05) is 0 Å². The third-order valence-electron chi connectivity index (χ3n) is 5.04. The molecule has 3 aromatic rings. The molecule has 0 saturated carbocycles. The third kappa shape index (κ3) is 2.65. The number of aryl methyl sites for hydroxylation is 2. The molecule has 0 fully saturated rings. The van der Waals surface area contributed by atoms with E-state index in [0.717, 1.165) is 15.8 Å². The molecule has 0 N–H and O–H groups in total. The predicted molar refractivity (Wildman–Crippen MR) is 100 cm³/mol. The second-order valence-corrected chi connectivity index (χ2v) is 6.91. The van der Waals surface area contributed by atoms with Crippen molar-refractivity contribution in [3.8, 4) is 5.75 Å². The lowest BCUT2D eigenvalue weighted by Gasteiger charge is -2.13. The van der Waals surface area contributed by atoms with Gasteiger partial charge in [0.15, 0.2) is 11.5 Å². The molecule has 1 aliphatic carbocycles. The van der Waals surface area contributed by atoms with E-state index >= 15 is 0 Å². The number of nitrogens with zero attached hydrogens (tertiary/aromatic N) is 2. The molecule has 0 aliphatic heterocycles. The quantitative estimate of drug-likeness (QED) is 0.517. The van der Waals surface area contributed by atoms with Crippen molar-refractivity contribution >= 4 is 22.5 Å². The lowest BCUT2D eigenvalue weighted by atomic mass is 9.97. The first-order chi connectivity index (χ1) is 12.9. The Kier molecular flexibility index (Phi) is 3.91. The molecular formula is C21H18N2O4. The average Bonchev–Trinajstić information content (AvgIpc) is 2.96. The van der Waals surface area contributed by atoms with Crippen LogP contribution in [0.1, 0.15) is 51.2 Å². The monoisotopic (exact) mass is 362 g/mol. The van der Waals surface area contributed by atoms with Crippen LogP contribution in [0, 0.1) is 6.92 Å². The summed E-state index contributed by atoms with van der Waals surface area (Å²) in [4.78, 5) is 37.5. The van der Waals surface area contributed by atoms with Crippen molar-refractivity contribution in [1.82, 2.24) is 9.78 Å². The molecule has 1 atom stereocenters.